The number of carbonyl (C=O) groups is 1. The van der Waals surface area contributed by atoms with Crippen molar-refractivity contribution in [1.29, 1.82) is 0 Å². The van der Waals surface area contributed by atoms with Crippen LogP contribution in [0.3, 0.4) is 0 Å². The van der Waals surface area contributed by atoms with E-state index >= 15 is 0 Å². The van der Waals surface area contributed by atoms with Gasteiger partial charge in [0.2, 0.25) is 5.91 Å². The normalized spacial score (nSPS) is 19.2. The highest BCUT2D eigenvalue weighted by Gasteiger charge is 2.31. The summed E-state index contributed by atoms with van der Waals surface area (Å²) in [7, 11) is 1.65. The topological polar surface area (TPSA) is 64.3 Å². The molecule has 1 aromatic carbocycles. The largest absolute Gasteiger partial charge is 0.383 e. The second-order valence-corrected chi connectivity index (χ2v) is 5.01. The van der Waals surface area contributed by atoms with Gasteiger partial charge in [-0.2, -0.15) is 0 Å². The minimum Gasteiger partial charge on any atom is -0.383 e. The first-order valence-corrected chi connectivity index (χ1v) is 6.84. The molecule has 4 heteroatoms. The molecule has 3 N–H and O–H groups in total. The van der Waals surface area contributed by atoms with E-state index in [0.29, 0.717) is 6.61 Å². The SMILES string of the molecule is CCc1cc(C(N)COC)cc2c1NC(=O)C2CC. The van der Waals surface area contributed by atoms with Gasteiger partial charge in [0.25, 0.3) is 0 Å². The van der Waals surface area contributed by atoms with E-state index in [9.17, 15) is 4.79 Å². The second kappa shape index (κ2) is 5.72. The quantitative estimate of drug-likeness (QED) is 0.856. The molecule has 1 aliphatic rings. The second-order valence-electron chi connectivity index (χ2n) is 5.01. The highest BCUT2D eigenvalue weighted by atomic mass is 16.5. The van der Waals surface area contributed by atoms with Crippen molar-refractivity contribution in [3.05, 3.63) is 28.8 Å². The van der Waals surface area contributed by atoms with Gasteiger partial charge in [0, 0.05) is 12.8 Å². The van der Waals surface area contributed by atoms with Crippen LogP contribution in [0.1, 0.15) is 48.9 Å². The third kappa shape index (κ3) is 2.51. The molecule has 0 bridgehead atoms. The Morgan fingerprint density at radius 3 is 2.74 bits per heavy atom. The molecule has 2 rings (SSSR count). The highest BCUT2D eigenvalue weighted by Crippen LogP contribution is 2.39. The maximum absolute atomic E-state index is 12.0. The van der Waals surface area contributed by atoms with Crippen LogP contribution in [0.25, 0.3) is 0 Å². The Hall–Kier alpha value is -1.39. The predicted octanol–water partition coefficient (Wildman–Crippen LogP) is 2.34. The van der Waals surface area contributed by atoms with Gasteiger partial charge in [-0.05, 0) is 29.5 Å². The Morgan fingerprint density at radius 1 is 1.42 bits per heavy atom. The number of fused-ring (bicyclic) bond motifs is 1. The third-order valence-electron chi connectivity index (χ3n) is 3.78. The van der Waals surface area contributed by atoms with Gasteiger partial charge < -0.3 is 15.8 Å². The molecule has 2 atom stereocenters. The molecule has 0 aliphatic carbocycles. The lowest BCUT2D eigenvalue weighted by Gasteiger charge is -2.16. The molecule has 0 saturated heterocycles. The number of carbonyl (C=O) groups excluding carboxylic acids is 1. The van der Waals surface area contributed by atoms with Gasteiger partial charge in [0.15, 0.2) is 0 Å². The van der Waals surface area contributed by atoms with E-state index in [1.165, 1.54) is 0 Å². The summed E-state index contributed by atoms with van der Waals surface area (Å²) < 4.78 is 5.12. The highest BCUT2D eigenvalue weighted by molar-refractivity contribution is 6.03. The summed E-state index contributed by atoms with van der Waals surface area (Å²) >= 11 is 0. The van der Waals surface area contributed by atoms with E-state index in [1.54, 1.807) is 7.11 Å². The number of methoxy groups -OCH3 is 1. The lowest BCUT2D eigenvalue weighted by Crippen LogP contribution is -2.16. The summed E-state index contributed by atoms with van der Waals surface area (Å²) in [6.07, 6.45) is 1.69. The van der Waals surface area contributed by atoms with E-state index < -0.39 is 0 Å². The average molecular weight is 262 g/mol. The van der Waals surface area contributed by atoms with Gasteiger partial charge in [-0.1, -0.05) is 26.0 Å². The minimum atomic E-state index is -0.145. The molecule has 0 fully saturated rings. The number of hydrogen-bond acceptors (Lipinski definition) is 3. The van der Waals surface area contributed by atoms with Crippen molar-refractivity contribution in [2.45, 2.75) is 38.6 Å². The van der Waals surface area contributed by atoms with Crippen molar-refractivity contribution in [3.8, 4) is 0 Å². The van der Waals surface area contributed by atoms with Crippen LogP contribution in [-0.4, -0.2) is 19.6 Å². The summed E-state index contributed by atoms with van der Waals surface area (Å²) in [5, 5.41) is 3.01. The Labute approximate surface area is 114 Å². The molecule has 0 saturated carbocycles. The summed E-state index contributed by atoms with van der Waals surface area (Å²) in [6.45, 7) is 4.61. The zero-order chi connectivity index (χ0) is 14.0. The number of nitrogens with two attached hydrogens (primary N) is 1. The number of amides is 1. The fourth-order valence-corrected chi connectivity index (χ4v) is 2.70. The maximum atomic E-state index is 12.0. The van der Waals surface area contributed by atoms with E-state index in [0.717, 1.165) is 35.2 Å². The number of anilines is 1. The summed E-state index contributed by atoms with van der Waals surface area (Å²) in [5.74, 6) is 0.0552. The first-order chi connectivity index (χ1) is 9.12. The van der Waals surface area contributed by atoms with Gasteiger partial charge in [0.1, 0.15) is 0 Å². The van der Waals surface area contributed by atoms with Crippen LogP contribution in [0, 0.1) is 0 Å². The van der Waals surface area contributed by atoms with Crippen LogP contribution in [0.15, 0.2) is 12.1 Å². The van der Waals surface area contributed by atoms with Crippen LogP contribution in [0.2, 0.25) is 0 Å². The number of benzene rings is 1. The number of nitrogens with one attached hydrogen (secondary N) is 1. The van der Waals surface area contributed by atoms with Crippen molar-refractivity contribution < 1.29 is 9.53 Å². The average Bonchev–Trinajstić information content (AvgIpc) is 2.73. The molecule has 0 aromatic heterocycles. The van der Waals surface area contributed by atoms with Gasteiger partial charge in [-0.25, -0.2) is 0 Å². The number of aryl methyl sites for hydroxylation is 1. The van der Waals surface area contributed by atoms with Crippen molar-refractivity contribution in [2.24, 2.45) is 5.73 Å². The van der Waals surface area contributed by atoms with Crippen molar-refractivity contribution >= 4 is 11.6 Å². The van der Waals surface area contributed by atoms with Gasteiger partial charge in [-0.15, -0.1) is 0 Å². The molecule has 1 heterocycles. The summed E-state index contributed by atoms with van der Waals surface area (Å²) in [6, 6.07) is 4.00. The van der Waals surface area contributed by atoms with Crippen molar-refractivity contribution in [2.75, 3.05) is 19.0 Å². The molecule has 1 aliphatic heterocycles. The smallest absolute Gasteiger partial charge is 0.232 e. The first-order valence-electron chi connectivity index (χ1n) is 6.84. The van der Waals surface area contributed by atoms with E-state index in [4.69, 9.17) is 10.5 Å². The lowest BCUT2D eigenvalue weighted by atomic mass is 9.91. The minimum absolute atomic E-state index is 0.0463. The molecule has 19 heavy (non-hydrogen) atoms. The van der Waals surface area contributed by atoms with Crippen LogP contribution >= 0.6 is 0 Å². The number of rotatable bonds is 5. The van der Waals surface area contributed by atoms with Gasteiger partial charge in [0.05, 0.1) is 18.6 Å². The molecular formula is C15H22N2O2. The first kappa shape index (κ1) is 14.0. The fraction of sp³-hybridized carbons (Fsp3) is 0.533. The molecule has 1 amide bonds. The number of ether oxygens (including phenoxy) is 1. The maximum Gasteiger partial charge on any atom is 0.232 e. The van der Waals surface area contributed by atoms with Crippen LogP contribution in [-0.2, 0) is 16.0 Å². The molecule has 0 radical (unpaired) electrons. The van der Waals surface area contributed by atoms with Gasteiger partial charge >= 0.3 is 0 Å². The van der Waals surface area contributed by atoms with Crippen molar-refractivity contribution in [1.82, 2.24) is 0 Å². The van der Waals surface area contributed by atoms with Crippen LogP contribution in [0.4, 0.5) is 5.69 Å². The Morgan fingerprint density at radius 2 is 2.16 bits per heavy atom. The standard InChI is InChI=1S/C15H22N2O2/c1-4-9-6-10(13(16)8-19-3)7-12-11(5-2)15(18)17-14(9)12/h6-7,11,13H,4-5,8,16H2,1-3H3,(H,17,18). The fourth-order valence-electron chi connectivity index (χ4n) is 2.70. The van der Waals surface area contributed by atoms with Crippen LogP contribution < -0.4 is 11.1 Å². The Balaban J connectivity index is 2.46. The third-order valence-corrected chi connectivity index (χ3v) is 3.78. The lowest BCUT2D eigenvalue weighted by molar-refractivity contribution is -0.117. The molecule has 4 nitrogen and oxygen atoms in total. The Bertz CT molecular complexity index is 485. The van der Waals surface area contributed by atoms with E-state index in [-0.39, 0.29) is 17.9 Å². The monoisotopic (exact) mass is 262 g/mol. The molecular weight excluding hydrogens is 240 g/mol. The van der Waals surface area contributed by atoms with Crippen molar-refractivity contribution in [3.63, 3.8) is 0 Å². The molecule has 1 aromatic rings. The number of hydrogen-bond donors (Lipinski definition) is 2. The molecule has 2 unspecified atom stereocenters. The Kier molecular flexibility index (Phi) is 4.22. The van der Waals surface area contributed by atoms with Gasteiger partial charge in [-0.3, -0.25) is 4.79 Å². The molecule has 104 valence electrons. The van der Waals surface area contributed by atoms with E-state index in [1.807, 2.05) is 6.92 Å². The zero-order valence-electron chi connectivity index (χ0n) is 11.8. The summed E-state index contributed by atoms with van der Waals surface area (Å²) in [5.41, 5.74) is 10.4. The van der Waals surface area contributed by atoms with E-state index in [2.05, 4.69) is 24.4 Å². The predicted molar refractivity (Wildman–Crippen MR) is 76.3 cm³/mol. The summed E-state index contributed by atoms with van der Waals surface area (Å²) in [4.78, 5) is 12.0. The van der Waals surface area contributed by atoms with Crippen LogP contribution in [0.5, 0.6) is 0 Å². The zero-order valence-corrected chi connectivity index (χ0v) is 11.8. The molecule has 0 spiro atoms.